The van der Waals surface area contributed by atoms with E-state index in [1.54, 1.807) is 0 Å². The normalized spacial score (nSPS) is 19.2. The van der Waals surface area contributed by atoms with Crippen LogP contribution in [0.4, 0.5) is 0 Å². The Morgan fingerprint density at radius 1 is 1.36 bits per heavy atom. The lowest BCUT2D eigenvalue weighted by atomic mass is 9.75. The van der Waals surface area contributed by atoms with Crippen LogP contribution in [0.25, 0.3) is 0 Å². The van der Waals surface area contributed by atoms with Crippen molar-refractivity contribution in [2.24, 2.45) is 0 Å². The van der Waals surface area contributed by atoms with E-state index in [-0.39, 0.29) is 0 Å². The fourth-order valence-corrected chi connectivity index (χ4v) is 1.95. The summed E-state index contributed by atoms with van der Waals surface area (Å²) in [6.45, 7) is 6.43. The van der Waals surface area contributed by atoms with E-state index in [0.717, 1.165) is 13.1 Å². The van der Waals surface area contributed by atoms with Crippen LogP contribution in [-0.2, 0) is 0 Å². The number of hydrogen-bond donors (Lipinski definition) is 1. The van der Waals surface area contributed by atoms with Gasteiger partial charge in [-0.2, -0.15) is 0 Å². The van der Waals surface area contributed by atoms with Crippen molar-refractivity contribution in [3.63, 3.8) is 0 Å². The Morgan fingerprint density at radius 2 is 2.00 bits per heavy atom. The van der Waals surface area contributed by atoms with Gasteiger partial charge in [0.15, 0.2) is 0 Å². The molecule has 0 saturated heterocycles. The van der Waals surface area contributed by atoms with Crippen LogP contribution < -0.4 is 5.32 Å². The first-order valence-corrected chi connectivity index (χ1v) is 5.58. The molecule has 1 fully saturated rings. The molecular weight excluding hydrogens is 172 g/mol. The van der Waals surface area contributed by atoms with Crippen molar-refractivity contribution < 1.29 is 0 Å². The number of nitrogens with zero attached hydrogens (tertiary/aromatic N) is 1. The summed E-state index contributed by atoms with van der Waals surface area (Å²) in [7, 11) is 4.39. The summed E-state index contributed by atoms with van der Waals surface area (Å²) in [6.07, 6.45) is 6.34. The molecule has 0 aromatic carbocycles. The van der Waals surface area contributed by atoms with Crippen LogP contribution in [-0.4, -0.2) is 37.6 Å². The zero-order valence-corrected chi connectivity index (χ0v) is 10.1. The van der Waals surface area contributed by atoms with Crippen LogP contribution in [0.2, 0.25) is 0 Å². The highest BCUT2D eigenvalue weighted by Crippen LogP contribution is 2.35. The van der Waals surface area contributed by atoms with Gasteiger partial charge in [0, 0.05) is 18.6 Å². The highest BCUT2D eigenvalue weighted by atomic mass is 15.2. The summed E-state index contributed by atoms with van der Waals surface area (Å²) >= 11 is 0. The maximum absolute atomic E-state index is 3.52. The first kappa shape index (κ1) is 11.7. The zero-order chi connectivity index (χ0) is 10.6. The highest BCUT2D eigenvalue weighted by molar-refractivity contribution is 4.99. The van der Waals surface area contributed by atoms with Gasteiger partial charge in [-0.1, -0.05) is 11.6 Å². The van der Waals surface area contributed by atoms with Gasteiger partial charge >= 0.3 is 0 Å². The smallest absolute Gasteiger partial charge is 0.0328 e. The van der Waals surface area contributed by atoms with Crippen molar-refractivity contribution in [3.8, 4) is 0 Å². The molecule has 0 radical (unpaired) electrons. The first-order valence-electron chi connectivity index (χ1n) is 5.58. The van der Waals surface area contributed by atoms with Crippen LogP contribution in [0.15, 0.2) is 11.6 Å². The van der Waals surface area contributed by atoms with E-state index in [1.165, 1.54) is 24.8 Å². The highest BCUT2D eigenvalue weighted by Gasteiger charge is 2.38. The van der Waals surface area contributed by atoms with Gasteiger partial charge in [0.05, 0.1) is 0 Å². The molecule has 1 aliphatic carbocycles. The van der Waals surface area contributed by atoms with Gasteiger partial charge in [-0.25, -0.2) is 0 Å². The molecule has 1 aliphatic rings. The Kier molecular flexibility index (Phi) is 4.14. The molecule has 2 nitrogen and oxygen atoms in total. The van der Waals surface area contributed by atoms with Crippen molar-refractivity contribution >= 4 is 0 Å². The predicted molar refractivity (Wildman–Crippen MR) is 62.6 cm³/mol. The fraction of sp³-hybridized carbons (Fsp3) is 0.833. The molecule has 1 rings (SSSR count). The van der Waals surface area contributed by atoms with E-state index >= 15 is 0 Å². The number of nitrogens with one attached hydrogen (secondary N) is 1. The summed E-state index contributed by atoms with van der Waals surface area (Å²) in [4.78, 5) is 2.38. The van der Waals surface area contributed by atoms with E-state index < -0.39 is 0 Å². The van der Waals surface area contributed by atoms with Crippen molar-refractivity contribution in [1.82, 2.24) is 10.2 Å². The Labute approximate surface area is 88.4 Å². The van der Waals surface area contributed by atoms with E-state index in [4.69, 9.17) is 0 Å². The minimum Gasteiger partial charge on any atom is -0.311 e. The Balaban J connectivity index is 2.25. The van der Waals surface area contributed by atoms with Gasteiger partial charge in [-0.15, -0.1) is 0 Å². The summed E-state index contributed by atoms with van der Waals surface area (Å²) in [5.74, 6) is 0. The summed E-state index contributed by atoms with van der Waals surface area (Å²) < 4.78 is 0. The molecule has 0 amide bonds. The monoisotopic (exact) mass is 196 g/mol. The maximum Gasteiger partial charge on any atom is 0.0328 e. The molecule has 2 heteroatoms. The lowest BCUT2D eigenvalue weighted by Gasteiger charge is -2.47. The average Bonchev–Trinajstić information content (AvgIpc) is 1.99. The van der Waals surface area contributed by atoms with Gasteiger partial charge in [0.1, 0.15) is 0 Å². The molecule has 0 bridgehead atoms. The standard InChI is InChI=1S/C12H24N2/c1-11(2)6-9-13-10-12(14(3)4)7-5-8-12/h6,13H,5,7-10H2,1-4H3. The molecule has 0 atom stereocenters. The maximum atomic E-state index is 3.52. The second kappa shape index (κ2) is 4.94. The van der Waals surface area contributed by atoms with Crippen molar-refractivity contribution in [3.05, 3.63) is 11.6 Å². The van der Waals surface area contributed by atoms with Gasteiger partial charge < -0.3 is 10.2 Å². The average molecular weight is 196 g/mol. The summed E-state index contributed by atoms with van der Waals surface area (Å²) in [6, 6.07) is 0. The third-order valence-electron chi connectivity index (χ3n) is 3.34. The van der Waals surface area contributed by atoms with Crippen LogP contribution in [0.3, 0.4) is 0 Å². The van der Waals surface area contributed by atoms with Crippen LogP contribution in [0.5, 0.6) is 0 Å². The van der Waals surface area contributed by atoms with Crippen molar-refractivity contribution in [2.75, 3.05) is 27.2 Å². The van der Waals surface area contributed by atoms with E-state index in [1.807, 2.05) is 0 Å². The Hall–Kier alpha value is -0.340. The third kappa shape index (κ3) is 2.82. The van der Waals surface area contributed by atoms with Gasteiger partial charge in [0.2, 0.25) is 0 Å². The predicted octanol–water partition coefficient (Wildman–Crippen LogP) is 2.03. The van der Waals surface area contributed by atoms with E-state index in [0.29, 0.717) is 5.54 Å². The molecule has 0 spiro atoms. The zero-order valence-electron chi connectivity index (χ0n) is 10.1. The molecule has 0 heterocycles. The number of likely N-dealkylation sites (N-methyl/N-ethyl adjacent to an activating group) is 1. The summed E-state index contributed by atoms with van der Waals surface area (Å²) in [5.41, 5.74) is 1.85. The second-order valence-electron chi connectivity index (χ2n) is 4.88. The minimum atomic E-state index is 0.454. The van der Waals surface area contributed by atoms with Crippen LogP contribution in [0.1, 0.15) is 33.1 Å². The minimum absolute atomic E-state index is 0.454. The lowest BCUT2D eigenvalue weighted by molar-refractivity contribution is 0.0612. The number of hydrogen-bond acceptors (Lipinski definition) is 2. The Bertz CT molecular complexity index is 198. The number of allylic oxidation sites excluding steroid dienone is 1. The van der Waals surface area contributed by atoms with E-state index in [9.17, 15) is 0 Å². The fourth-order valence-electron chi connectivity index (χ4n) is 1.95. The largest absolute Gasteiger partial charge is 0.311 e. The topological polar surface area (TPSA) is 15.3 Å². The van der Waals surface area contributed by atoms with Gasteiger partial charge in [-0.3, -0.25) is 0 Å². The molecule has 0 aromatic rings. The second-order valence-corrected chi connectivity index (χ2v) is 4.88. The van der Waals surface area contributed by atoms with Crippen LogP contribution in [0, 0.1) is 0 Å². The Morgan fingerprint density at radius 3 is 2.36 bits per heavy atom. The summed E-state index contributed by atoms with van der Waals surface area (Å²) in [5, 5.41) is 3.52. The lowest BCUT2D eigenvalue weighted by Crippen LogP contribution is -2.56. The molecule has 0 aliphatic heterocycles. The molecule has 1 saturated carbocycles. The molecule has 0 unspecified atom stereocenters. The molecular formula is C12H24N2. The molecule has 82 valence electrons. The molecule has 0 aromatic heterocycles. The third-order valence-corrected chi connectivity index (χ3v) is 3.34. The SMILES string of the molecule is CC(C)=CCNCC1(N(C)C)CCC1. The molecule has 1 N–H and O–H groups in total. The van der Waals surface area contributed by atoms with Crippen LogP contribution >= 0.6 is 0 Å². The van der Waals surface area contributed by atoms with Gasteiger partial charge in [-0.05, 0) is 47.2 Å². The van der Waals surface area contributed by atoms with E-state index in [2.05, 4.69) is 44.2 Å². The van der Waals surface area contributed by atoms with Crippen molar-refractivity contribution in [1.29, 1.82) is 0 Å². The quantitative estimate of drug-likeness (QED) is 0.534. The van der Waals surface area contributed by atoms with Gasteiger partial charge in [0.25, 0.3) is 0 Å². The first-order chi connectivity index (χ1) is 6.57. The molecule has 14 heavy (non-hydrogen) atoms. The number of rotatable bonds is 5. The van der Waals surface area contributed by atoms with Crippen molar-refractivity contribution in [2.45, 2.75) is 38.6 Å².